The van der Waals surface area contributed by atoms with E-state index in [2.05, 4.69) is 10.6 Å². The van der Waals surface area contributed by atoms with Gasteiger partial charge in [-0.05, 0) is 44.4 Å². The van der Waals surface area contributed by atoms with Crippen LogP contribution in [-0.4, -0.2) is 16.1 Å². The molecule has 1 saturated carbocycles. The van der Waals surface area contributed by atoms with Crippen molar-refractivity contribution in [2.75, 3.05) is 6.54 Å². The highest BCUT2D eigenvalue weighted by Gasteiger charge is 2.28. The number of para-hydroxylation sites is 1. The zero-order valence-electron chi connectivity index (χ0n) is 11.1. The highest BCUT2D eigenvalue weighted by Crippen LogP contribution is 2.40. The fraction of sp³-hybridized carbons (Fsp3) is 0.533. The molecule has 2 aromatic rings. The molecule has 1 aliphatic carbocycles. The number of aromatic nitrogens is 2. The Hall–Kier alpha value is -1.06. The average Bonchev–Trinajstić information content (AvgIpc) is 3.17. The number of rotatable bonds is 6. The normalized spacial score (nSPS) is 15.3. The molecule has 0 saturated heterocycles. The summed E-state index contributed by atoms with van der Waals surface area (Å²) in [5.41, 5.74) is 7.70. The summed E-state index contributed by atoms with van der Waals surface area (Å²) in [5.74, 6) is 1.20. The van der Waals surface area contributed by atoms with Gasteiger partial charge in [0.25, 0.3) is 0 Å². The van der Waals surface area contributed by atoms with Crippen LogP contribution < -0.4 is 5.73 Å². The summed E-state index contributed by atoms with van der Waals surface area (Å²) >= 11 is 6.35. The molecular formula is C15H20ClN3. The van der Waals surface area contributed by atoms with Crippen molar-refractivity contribution >= 4 is 22.6 Å². The van der Waals surface area contributed by atoms with Crippen molar-refractivity contribution in [2.24, 2.45) is 5.73 Å². The van der Waals surface area contributed by atoms with Crippen molar-refractivity contribution in [3.63, 3.8) is 0 Å². The van der Waals surface area contributed by atoms with Crippen molar-refractivity contribution in [3.8, 4) is 0 Å². The molecule has 0 atom stereocenters. The minimum Gasteiger partial charge on any atom is -0.330 e. The molecule has 3 nitrogen and oxygen atoms in total. The van der Waals surface area contributed by atoms with Crippen LogP contribution in [0.5, 0.6) is 0 Å². The van der Waals surface area contributed by atoms with Gasteiger partial charge in [-0.2, -0.15) is 0 Å². The Morgan fingerprint density at radius 3 is 2.84 bits per heavy atom. The van der Waals surface area contributed by atoms with Gasteiger partial charge in [-0.1, -0.05) is 24.1 Å². The number of hydrogen-bond acceptors (Lipinski definition) is 2. The van der Waals surface area contributed by atoms with E-state index in [1.807, 2.05) is 12.1 Å². The van der Waals surface area contributed by atoms with Crippen molar-refractivity contribution < 1.29 is 0 Å². The number of benzene rings is 1. The van der Waals surface area contributed by atoms with Gasteiger partial charge in [-0.25, -0.2) is 4.98 Å². The number of hydrogen-bond donors (Lipinski definition) is 1. The van der Waals surface area contributed by atoms with Crippen LogP contribution in [0.2, 0.25) is 5.02 Å². The third-order valence-corrected chi connectivity index (χ3v) is 4.06. The zero-order valence-corrected chi connectivity index (χ0v) is 11.9. The maximum atomic E-state index is 6.35. The first kappa shape index (κ1) is 12.9. The highest BCUT2D eigenvalue weighted by molar-refractivity contribution is 6.35. The quantitative estimate of drug-likeness (QED) is 0.818. The summed E-state index contributed by atoms with van der Waals surface area (Å²) in [6, 6.07) is 6.62. The summed E-state index contributed by atoms with van der Waals surface area (Å²) in [4.78, 5) is 4.78. The molecule has 3 rings (SSSR count). The maximum Gasteiger partial charge on any atom is 0.110 e. The van der Waals surface area contributed by atoms with E-state index in [9.17, 15) is 0 Å². The molecule has 1 aliphatic rings. The zero-order chi connectivity index (χ0) is 13.2. The lowest BCUT2D eigenvalue weighted by atomic mass is 10.2. The van der Waals surface area contributed by atoms with Crippen LogP contribution in [0.4, 0.5) is 0 Å². The second-order valence-electron chi connectivity index (χ2n) is 5.34. The van der Waals surface area contributed by atoms with Crippen LogP contribution in [0.1, 0.15) is 44.0 Å². The van der Waals surface area contributed by atoms with E-state index in [0.29, 0.717) is 6.04 Å². The van der Waals surface area contributed by atoms with Gasteiger partial charge in [0.1, 0.15) is 5.82 Å². The smallest absolute Gasteiger partial charge is 0.110 e. The summed E-state index contributed by atoms with van der Waals surface area (Å²) in [7, 11) is 0. The summed E-state index contributed by atoms with van der Waals surface area (Å²) < 4.78 is 2.38. The number of nitrogens with zero attached hydrogens (tertiary/aromatic N) is 2. The Kier molecular flexibility index (Phi) is 3.76. The Morgan fingerprint density at radius 1 is 1.26 bits per heavy atom. The number of fused-ring (bicyclic) bond motifs is 1. The van der Waals surface area contributed by atoms with E-state index < -0.39 is 0 Å². The van der Waals surface area contributed by atoms with Gasteiger partial charge in [0.2, 0.25) is 0 Å². The molecule has 0 bridgehead atoms. The van der Waals surface area contributed by atoms with Gasteiger partial charge in [-0.3, -0.25) is 0 Å². The summed E-state index contributed by atoms with van der Waals surface area (Å²) in [6.45, 7) is 0.783. The largest absolute Gasteiger partial charge is 0.330 e. The molecule has 1 fully saturated rings. The Bertz CT molecular complexity index is 572. The molecule has 2 N–H and O–H groups in total. The van der Waals surface area contributed by atoms with Crippen LogP contribution >= 0.6 is 11.6 Å². The van der Waals surface area contributed by atoms with Gasteiger partial charge in [0, 0.05) is 12.5 Å². The number of nitrogens with two attached hydrogens (primary N) is 1. The lowest BCUT2D eigenvalue weighted by Crippen LogP contribution is -2.03. The van der Waals surface area contributed by atoms with Gasteiger partial charge in [0.15, 0.2) is 0 Å². The van der Waals surface area contributed by atoms with Gasteiger partial charge in [0.05, 0.1) is 16.1 Å². The van der Waals surface area contributed by atoms with Gasteiger partial charge in [-0.15, -0.1) is 0 Å². The molecule has 4 heteroatoms. The standard InChI is InChI=1S/C15H20ClN3/c16-12-5-4-6-13-15(12)19(11-8-9-11)14(18-13)7-2-1-3-10-17/h4-6,11H,1-3,7-10,17H2. The lowest BCUT2D eigenvalue weighted by molar-refractivity contribution is 0.631. The molecule has 0 unspecified atom stereocenters. The highest BCUT2D eigenvalue weighted by atomic mass is 35.5. The third kappa shape index (κ3) is 2.63. The van der Waals surface area contributed by atoms with Crippen LogP contribution in [0, 0.1) is 0 Å². The molecule has 19 heavy (non-hydrogen) atoms. The fourth-order valence-electron chi connectivity index (χ4n) is 2.66. The second kappa shape index (κ2) is 5.51. The van der Waals surface area contributed by atoms with E-state index in [4.69, 9.17) is 22.3 Å². The van der Waals surface area contributed by atoms with E-state index >= 15 is 0 Å². The molecule has 1 aromatic heterocycles. The topological polar surface area (TPSA) is 43.8 Å². The van der Waals surface area contributed by atoms with Gasteiger partial charge < -0.3 is 10.3 Å². The number of aryl methyl sites for hydroxylation is 1. The molecule has 0 spiro atoms. The van der Waals surface area contributed by atoms with Crippen LogP contribution in [0.25, 0.3) is 11.0 Å². The van der Waals surface area contributed by atoms with Crippen molar-refractivity contribution in [1.82, 2.24) is 9.55 Å². The molecule has 102 valence electrons. The Labute approximate surface area is 118 Å². The monoisotopic (exact) mass is 277 g/mol. The van der Waals surface area contributed by atoms with Crippen molar-refractivity contribution in [2.45, 2.75) is 44.6 Å². The third-order valence-electron chi connectivity index (χ3n) is 3.75. The minimum atomic E-state index is 0.620. The first-order valence-electron chi connectivity index (χ1n) is 7.16. The first-order chi connectivity index (χ1) is 9.31. The first-order valence-corrected chi connectivity index (χ1v) is 7.54. The second-order valence-corrected chi connectivity index (χ2v) is 5.74. The number of halogens is 1. The van der Waals surface area contributed by atoms with Gasteiger partial charge >= 0.3 is 0 Å². The van der Waals surface area contributed by atoms with Crippen LogP contribution in [0.3, 0.4) is 0 Å². The van der Waals surface area contributed by atoms with Crippen molar-refractivity contribution in [3.05, 3.63) is 29.0 Å². The lowest BCUT2D eigenvalue weighted by Gasteiger charge is -2.08. The fourth-order valence-corrected chi connectivity index (χ4v) is 2.92. The minimum absolute atomic E-state index is 0.620. The molecule has 0 amide bonds. The number of unbranched alkanes of at least 4 members (excludes halogenated alkanes) is 2. The molecule has 0 aliphatic heterocycles. The van der Waals surface area contributed by atoms with Crippen molar-refractivity contribution in [1.29, 1.82) is 0 Å². The Balaban J connectivity index is 1.90. The predicted octanol–water partition coefficient (Wildman–Crippen LogP) is 3.70. The average molecular weight is 278 g/mol. The predicted molar refractivity (Wildman–Crippen MR) is 79.6 cm³/mol. The van der Waals surface area contributed by atoms with E-state index in [0.717, 1.165) is 41.9 Å². The summed E-state index contributed by atoms with van der Waals surface area (Å²) in [6.07, 6.45) is 6.98. The molecule has 0 radical (unpaired) electrons. The number of imidazole rings is 1. The Morgan fingerprint density at radius 2 is 2.11 bits per heavy atom. The van der Waals surface area contributed by atoms with E-state index in [1.165, 1.54) is 25.1 Å². The maximum absolute atomic E-state index is 6.35. The summed E-state index contributed by atoms with van der Waals surface area (Å²) in [5, 5.41) is 0.824. The molecule has 1 aromatic carbocycles. The van der Waals surface area contributed by atoms with Crippen LogP contribution in [-0.2, 0) is 6.42 Å². The van der Waals surface area contributed by atoms with E-state index in [-0.39, 0.29) is 0 Å². The molecule has 1 heterocycles. The molecular weight excluding hydrogens is 258 g/mol. The SMILES string of the molecule is NCCCCCc1nc2cccc(Cl)c2n1C1CC1. The van der Waals surface area contributed by atoms with E-state index in [1.54, 1.807) is 0 Å². The van der Waals surface area contributed by atoms with Crippen LogP contribution in [0.15, 0.2) is 18.2 Å².